The maximum Gasteiger partial charge on any atom is 0.289 e. The number of benzene rings is 1. The first-order chi connectivity index (χ1) is 13.8. The molecule has 0 bridgehead atoms. The van der Waals surface area contributed by atoms with Gasteiger partial charge in [0.25, 0.3) is 5.92 Å². The molecule has 6 nitrogen and oxygen atoms in total. The van der Waals surface area contributed by atoms with E-state index in [1.807, 2.05) is 31.2 Å². The van der Waals surface area contributed by atoms with E-state index in [0.29, 0.717) is 17.2 Å². The molecule has 0 aliphatic carbocycles. The summed E-state index contributed by atoms with van der Waals surface area (Å²) in [6, 6.07) is 11.0. The molecule has 0 aliphatic rings. The Kier molecular flexibility index (Phi) is 4.62. The zero-order valence-corrected chi connectivity index (χ0v) is 16.1. The number of pyridine rings is 1. The van der Waals surface area contributed by atoms with Gasteiger partial charge >= 0.3 is 0 Å². The lowest BCUT2D eigenvalue weighted by molar-refractivity contribution is 0.0139. The summed E-state index contributed by atoms with van der Waals surface area (Å²) in [6.45, 7) is 2.81. The summed E-state index contributed by atoms with van der Waals surface area (Å²) in [5.74, 6) is -2.20. The minimum absolute atomic E-state index is 0.173. The number of rotatable bonds is 5. The summed E-state index contributed by atoms with van der Waals surface area (Å²) in [4.78, 5) is 12.8. The van der Waals surface area contributed by atoms with Crippen LogP contribution in [-0.2, 0) is 5.92 Å². The number of alkyl halides is 2. The molecular weight excluding hydrogens is 376 g/mol. The van der Waals surface area contributed by atoms with Gasteiger partial charge in [0.05, 0.1) is 25.7 Å². The average Bonchev–Trinajstić information content (AvgIpc) is 3.09. The fourth-order valence-electron chi connectivity index (χ4n) is 3.02. The molecule has 29 heavy (non-hydrogen) atoms. The highest BCUT2D eigenvalue weighted by atomic mass is 19.3. The number of aromatic nitrogens is 4. The Morgan fingerprint density at radius 2 is 1.79 bits per heavy atom. The van der Waals surface area contributed by atoms with Crippen LogP contribution in [0.15, 0.2) is 55.0 Å². The van der Waals surface area contributed by atoms with Crippen LogP contribution in [0.5, 0.6) is 5.75 Å². The smallest absolute Gasteiger partial charge is 0.289 e. The second kappa shape index (κ2) is 7.12. The van der Waals surface area contributed by atoms with Crippen LogP contribution in [0.4, 0.5) is 20.3 Å². The molecule has 0 atom stereocenters. The van der Waals surface area contributed by atoms with Crippen LogP contribution in [0.25, 0.3) is 17.0 Å². The number of hydrogen-bond acceptors (Lipinski definition) is 5. The molecule has 0 saturated carbocycles. The van der Waals surface area contributed by atoms with Gasteiger partial charge in [-0.05, 0) is 31.2 Å². The van der Waals surface area contributed by atoms with Crippen molar-refractivity contribution in [3.05, 3.63) is 66.2 Å². The first-order valence-electron chi connectivity index (χ1n) is 8.95. The molecule has 8 heteroatoms. The molecule has 0 amide bonds. The van der Waals surface area contributed by atoms with Crippen molar-refractivity contribution in [3.63, 3.8) is 0 Å². The molecule has 3 aromatic heterocycles. The number of nitrogens with zero attached hydrogens (tertiary/aromatic N) is 4. The topological polar surface area (TPSA) is 64.3 Å². The number of imidazole rings is 1. The Labute approximate surface area is 166 Å². The van der Waals surface area contributed by atoms with Crippen LogP contribution >= 0.6 is 0 Å². The number of nitrogens with one attached hydrogen (secondary N) is 1. The molecule has 0 aliphatic heterocycles. The van der Waals surface area contributed by atoms with E-state index in [0.717, 1.165) is 18.2 Å². The van der Waals surface area contributed by atoms with Gasteiger partial charge in [-0.2, -0.15) is 8.78 Å². The molecule has 4 rings (SSSR count). The Hall–Kier alpha value is -3.55. The quantitative estimate of drug-likeness (QED) is 0.517. The Morgan fingerprint density at radius 3 is 2.48 bits per heavy atom. The van der Waals surface area contributed by atoms with Crippen LogP contribution in [0.3, 0.4) is 0 Å². The van der Waals surface area contributed by atoms with Gasteiger partial charge in [-0.3, -0.25) is 9.38 Å². The number of halogens is 2. The van der Waals surface area contributed by atoms with E-state index in [4.69, 9.17) is 4.74 Å². The maximum absolute atomic E-state index is 14.3. The molecule has 0 unspecified atom stereocenters. The van der Waals surface area contributed by atoms with Crippen molar-refractivity contribution in [1.29, 1.82) is 0 Å². The summed E-state index contributed by atoms with van der Waals surface area (Å²) in [5, 5.41) is 3.15. The number of methoxy groups -OCH3 is 1. The zero-order chi connectivity index (χ0) is 20.6. The standard InChI is InChI=1S/C21H19F2N5O/c1-13-4-6-14(7-5-13)25-17-11-24-10-16(26-17)19-20(21(2,22)23)27-18-9-8-15(29-3)12-28(18)19/h4-12H,1-3H3,(H,25,26). The van der Waals surface area contributed by atoms with Gasteiger partial charge in [-0.1, -0.05) is 17.7 Å². The highest BCUT2D eigenvalue weighted by molar-refractivity contribution is 5.67. The molecule has 148 valence electrons. The average molecular weight is 395 g/mol. The van der Waals surface area contributed by atoms with Gasteiger partial charge in [0.15, 0.2) is 0 Å². The SMILES string of the molecule is COc1ccc2nc(C(C)(F)F)c(-c3cncc(Nc4ccc(C)cc4)n3)n2c1. The van der Waals surface area contributed by atoms with Gasteiger partial charge in [0, 0.05) is 12.6 Å². The van der Waals surface area contributed by atoms with Crippen molar-refractivity contribution in [2.24, 2.45) is 0 Å². The first kappa shape index (κ1) is 18.8. The summed E-state index contributed by atoms with van der Waals surface area (Å²) in [6.07, 6.45) is 4.59. The predicted octanol–water partition coefficient (Wildman–Crippen LogP) is 4.96. The molecule has 0 saturated heterocycles. The van der Waals surface area contributed by atoms with Gasteiger partial charge in [-0.25, -0.2) is 9.97 Å². The summed E-state index contributed by atoms with van der Waals surface area (Å²) in [7, 11) is 1.51. The molecule has 0 fully saturated rings. The fraction of sp³-hybridized carbons (Fsp3) is 0.190. The van der Waals surface area contributed by atoms with Gasteiger partial charge in [0.2, 0.25) is 0 Å². The van der Waals surface area contributed by atoms with Crippen LogP contribution < -0.4 is 10.1 Å². The number of aryl methyl sites for hydroxylation is 1. The third-order valence-electron chi connectivity index (χ3n) is 4.44. The van der Waals surface area contributed by atoms with E-state index in [1.165, 1.54) is 19.5 Å². The second-order valence-corrected chi connectivity index (χ2v) is 6.78. The maximum atomic E-state index is 14.3. The Bertz CT molecular complexity index is 1170. The molecule has 3 heterocycles. The molecule has 1 N–H and O–H groups in total. The molecule has 4 aromatic rings. The van der Waals surface area contributed by atoms with E-state index in [2.05, 4.69) is 20.3 Å². The number of hydrogen-bond donors (Lipinski definition) is 1. The van der Waals surface area contributed by atoms with E-state index in [1.54, 1.807) is 22.7 Å². The normalized spacial score (nSPS) is 11.6. The summed E-state index contributed by atoms with van der Waals surface area (Å²) >= 11 is 0. The number of fused-ring (bicyclic) bond motifs is 1. The number of anilines is 2. The monoisotopic (exact) mass is 395 g/mol. The molecule has 0 spiro atoms. The predicted molar refractivity (Wildman–Crippen MR) is 107 cm³/mol. The third kappa shape index (κ3) is 3.73. The van der Waals surface area contributed by atoms with Gasteiger partial charge < -0.3 is 10.1 Å². The van der Waals surface area contributed by atoms with Crippen molar-refractivity contribution in [2.45, 2.75) is 19.8 Å². The van der Waals surface area contributed by atoms with Crippen molar-refractivity contribution < 1.29 is 13.5 Å². The van der Waals surface area contributed by atoms with Crippen molar-refractivity contribution >= 4 is 17.2 Å². The number of ether oxygens (including phenoxy) is 1. The molecule has 1 aromatic carbocycles. The van der Waals surface area contributed by atoms with Gasteiger partial charge in [-0.15, -0.1) is 0 Å². The highest BCUT2D eigenvalue weighted by Crippen LogP contribution is 2.36. The first-order valence-corrected chi connectivity index (χ1v) is 8.95. The van der Waals surface area contributed by atoms with Crippen molar-refractivity contribution in [2.75, 3.05) is 12.4 Å². The summed E-state index contributed by atoms with van der Waals surface area (Å²) < 4.78 is 35.5. The van der Waals surface area contributed by atoms with Gasteiger partial charge in [0.1, 0.15) is 34.3 Å². The highest BCUT2D eigenvalue weighted by Gasteiger charge is 2.34. The van der Waals surface area contributed by atoms with Crippen molar-refractivity contribution in [1.82, 2.24) is 19.4 Å². The van der Waals surface area contributed by atoms with Crippen LogP contribution in [0.1, 0.15) is 18.2 Å². The zero-order valence-electron chi connectivity index (χ0n) is 16.1. The lowest BCUT2D eigenvalue weighted by atomic mass is 10.1. The van der Waals surface area contributed by atoms with E-state index in [9.17, 15) is 8.78 Å². The molecular formula is C21H19F2N5O. The Balaban J connectivity index is 1.84. The van der Waals surface area contributed by atoms with E-state index in [-0.39, 0.29) is 17.1 Å². The summed E-state index contributed by atoms with van der Waals surface area (Å²) in [5.41, 5.74) is 2.40. The van der Waals surface area contributed by atoms with E-state index >= 15 is 0 Å². The minimum atomic E-state index is -3.16. The van der Waals surface area contributed by atoms with E-state index < -0.39 is 5.92 Å². The van der Waals surface area contributed by atoms with Crippen LogP contribution in [-0.4, -0.2) is 26.5 Å². The lowest BCUT2D eigenvalue weighted by Crippen LogP contribution is -2.10. The fourth-order valence-corrected chi connectivity index (χ4v) is 3.02. The van der Waals surface area contributed by atoms with Crippen LogP contribution in [0, 0.1) is 6.92 Å². The lowest BCUT2D eigenvalue weighted by Gasteiger charge is -2.12. The largest absolute Gasteiger partial charge is 0.495 e. The molecule has 0 radical (unpaired) electrons. The Morgan fingerprint density at radius 1 is 1.03 bits per heavy atom. The third-order valence-corrected chi connectivity index (χ3v) is 4.44. The minimum Gasteiger partial charge on any atom is -0.495 e. The van der Waals surface area contributed by atoms with Crippen LogP contribution in [0.2, 0.25) is 0 Å². The second-order valence-electron chi connectivity index (χ2n) is 6.78. The van der Waals surface area contributed by atoms with Crippen molar-refractivity contribution in [3.8, 4) is 17.1 Å².